The molecule has 0 bridgehead atoms. The second-order valence-electron chi connectivity index (χ2n) is 11.7. The molecule has 0 atom stereocenters. The molecule has 4 heterocycles. The molecule has 1 aliphatic heterocycles. The monoisotopic (exact) mass is 739 g/mol. The minimum Gasteiger partial charge on any atom is -0.871 e. The second-order valence-corrected chi connectivity index (χ2v) is 11.7. The Morgan fingerprint density at radius 3 is 0.978 bits per heavy atom. The van der Waals surface area contributed by atoms with Gasteiger partial charge in [-0.3, -0.25) is 29.7 Å². The van der Waals surface area contributed by atoms with Crippen LogP contribution in [0.3, 0.4) is 0 Å². The molecule has 0 unspecified atom stereocenters. The van der Waals surface area contributed by atoms with Gasteiger partial charge in [0.2, 0.25) is 0 Å². The van der Waals surface area contributed by atoms with Gasteiger partial charge in [-0.15, -0.1) is 0 Å². The van der Waals surface area contributed by atoms with E-state index in [4.69, 9.17) is 15.0 Å². The van der Waals surface area contributed by atoms with E-state index in [0.717, 1.165) is 72.5 Å². The molecular weight excluding hydrogens is 709 g/mol. The molecule has 3 aromatic carbocycles. The Morgan fingerprint density at radius 1 is 0.413 bits per heavy atom. The molecule has 0 spiro atoms. The first-order valence-electron chi connectivity index (χ1n) is 15.3. The standard InChI is InChI=1S/C36H36N6O3.Nd/c43-31-7-1-4-25-10-13-28(37-34(25)31)22-40-16-18-41(23-29-14-11-26-5-2-8-32(44)35(26)38-29)20-21-42(19-17-40)24-30-15-12-27-6-3-9-33(45)36(27)39-30;/h1-15,43-45H,16-24H2;/q;+3/p-3. The summed E-state index contributed by atoms with van der Waals surface area (Å²) in [6, 6.07) is 27.6. The normalized spacial score (nSPS) is 15.4. The predicted molar refractivity (Wildman–Crippen MR) is 169 cm³/mol. The van der Waals surface area contributed by atoms with E-state index in [9.17, 15) is 15.3 Å². The first kappa shape index (κ1) is 32.5. The third-order valence-corrected chi connectivity index (χ3v) is 8.58. The molecule has 7 rings (SSSR count). The Bertz CT molecular complexity index is 1750. The van der Waals surface area contributed by atoms with Gasteiger partial charge in [-0.1, -0.05) is 90.0 Å². The summed E-state index contributed by atoms with van der Waals surface area (Å²) in [4.78, 5) is 21.3. The summed E-state index contributed by atoms with van der Waals surface area (Å²) in [6.07, 6.45) is 0. The summed E-state index contributed by atoms with van der Waals surface area (Å²) in [6.45, 7) is 6.69. The SMILES string of the molecule is [Nd+3].[O-]c1cccc2ccc(CN3CCN(Cc4ccc5cccc([O-])c5n4)CCN(Cc4ccc5cccc([O-])c5n4)CC3)nc12. The summed E-state index contributed by atoms with van der Waals surface area (Å²) in [5, 5.41) is 39.9. The van der Waals surface area contributed by atoms with E-state index < -0.39 is 0 Å². The van der Waals surface area contributed by atoms with Crippen molar-refractivity contribution < 1.29 is 56.2 Å². The number of aromatic nitrogens is 3. The maximum atomic E-state index is 12.5. The Balaban J connectivity index is 0.00000372. The summed E-state index contributed by atoms with van der Waals surface area (Å²) >= 11 is 0. The van der Waals surface area contributed by atoms with Crippen LogP contribution in [0.25, 0.3) is 32.7 Å². The predicted octanol–water partition coefficient (Wildman–Crippen LogP) is 3.37. The van der Waals surface area contributed by atoms with E-state index >= 15 is 0 Å². The molecule has 0 N–H and O–H groups in total. The minimum absolute atomic E-state index is 0. The molecule has 229 valence electrons. The van der Waals surface area contributed by atoms with Crippen LogP contribution < -0.4 is 15.3 Å². The second kappa shape index (κ2) is 14.5. The number of hydrogen-bond acceptors (Lipinski definition) is 9. The van der Waals surface area contributed by atoms with Crippen molar-refractivity contribution in [2.45, 2.75) is 19.6 Å². The molecule has 0 amide bonds. The fourth-order valence-electron chi connectivity index (χ4n) is 6.09. The summed E-state index contributed by atoms with van der Waals surface area (Å²) in [7, 11) is 0. The first-order valence-corrected chi connectivity index (χ1v) is 15.3. The Labute approximate surface area is 300 Å². The topological polar surface area (TPSA) is 118 Å². The molecule has 46 heavy (non-hydrogen) atoms. The first-order chi connectivity index (χ1) is 22.0. The number of para-hydroxylation sites is 3. The van der Waals surface area contributed by atoms with Crippen molar-refractivity contribution in [1.82, 2.24) is 29.7 Å². The van der Waals surface area contributed by atoms with E-state index in [1.165, 1.54) is 0 Å². The molecule has 3 aromatic heterocycles. The average Bonchev–Trinajstić information content (AvgIpc) is 3.13. The van der Waals surface area contributed by atoms with Crippen molar-refractivity contribution >= 4 is 32.7 Å². The van der Waals surface area contributed by atoms with Crippen LogP contribution >= 0.6 is 0 Å². The number of nitrogens with zero attached hydrogens (tertiary/aromatic N) is 6. The maximum Gasteiger partial charge on any atom is 3.00 e. The van der Waals surface area contributed by atoms with E-state index in [0.29, 0.717) is 36.2 Å². The van der Waals surface area contributed by atoms with Gasteiger partial charge in [0.25, 0.3) is 0 Å². The molecule has 1 fully saturated rings. The van der Waals surface area contributed by atoms with Crippen molar-refractivity contribution in [2.75, 3.05) is 39.3 Å². The third kappa shape index (κ3) is 7.39. The van der Waals surface area contributed by atoms with Gasteiger partial charge in [-0.05, 0) is 34.4 Å². The average molecular weight is 742 g/mol. The van der Waals surface area contributed by atoms with Crippen LogP contribution in [-0.2, 0) is 19.6 Å². The fourth-order valence-corrected chi connectivity index (χ4v) is 6.09. The van der Waals surface area contributed by atoms with Gasteiger partial charge in [-0.25, -0.2) is 0 Å². The van der Waals surface area contributed by atoms with Gasteiger partial charge >= 0.3 is 40.8 Å². The molecule has 1 aliphatic rings. The van der Waals surface area contributed by atoms with Crippen LogP contribution in [0.15, 0.2) is 91.0 Å². The Hall–Kier alpha value is -3.48. The smallest absolute Gasteiger partial charge is 0.871 e. The van der Waals surface area contributed by atoms with Crippen LogP contribution in [0.1, 0.15) is 17.1 Å². The number of pyridine rings is 3. The molecule has 10 heteroatoms. The molecule has 1 saturated heterocycles. The van der Waals surface area contributed by atoms with Crippen molar-refractivity contribution in [3.05, 3.63) is 108 Å². The summed E-state index contributed by atoms with van der Waals surface area (Å²) in [5.74, 6) is -0.196. The Morgan fingerprint density at radius 2 is 0.696 bits per heavy atom. The van der Waals surface area contributed by atoms with Crippen LogP contribution in [0, 0.1) is 40.8 Å². The third-order valence-electron chi connectivity index (χ3n) is 8.58. The fraction of sp³-hybridized carbons (Fsp3) is 0.250. The van der Waals surface area contributed by atoms with Crippen molar-refractivity contribution in [3.8, 4) is 17.2 Å². The van der Waals surface area contributed by atoms with Crippen LogP contribution in [0.2, 0.25) is 0 Å². The molecule has 0 saturated carbocycles. The van der Waals surface area contributed by atoms with E-state index in [2.05, 4.69) is 14.7 Å². The quantitative estimate of drug-likeness (QED) is 0.254. The van der Waals surface area contributed by atoms with E-state index in [1.54, 1.807) is 36.4 Å². The van der Waals surface area contributed by atoms with Crippen LogP contribution in [0.5, 0.6) is 17.2 Å². The van der Waals surface area contributed by atoms with Gasteiger partial charge < -0.3 is 15.3 Å². The molecule has 1 radical (unpaired) electrons. The van der Waals surface area contributed by atoms with Crippen molar-refractivity contribution in [2.24, 2.45) is 0 Å². The van der Waals surface area contributed by atoms with Gasteiger partial charge in [-0.2, -0.15) is 0 Å². The van der Waals surface area contributed by atoms with Crippen LogP contribution in [-0.4, -0.2) is 68.9 Å². The van der Waals surface area contributed by atoms with Gasteiger partial charge in [0, 0.05) is 58.9 Å². The maximum absolute atomic E-state index is 12.5. The van der Waals surface area contributed by atoms with Crippen molar-refractivity contribution in [3.63, 3.8) is 0 Å². The Kier molecular flexibility index (Phi) is 10.2. The zero-order chi connectivity index (χ0) is 30.8. The number of rotatable bonds is 6. The number of hydrogen-bond donors (Lipinski definition) is 0. The minimum atomic E-state index is -0.0654. The summed E-state index contributed by atoms with van der Waals surface area (Å²) < 4.78 is 0. The van der Waals surface area contributed by atoms with Gasteiger partial charge in [0.05, 0.1) is 33.6 Å². The summed E-state index contributed by atoms with van der Waals surface area (Å²) in [5.41, 5.74) is 4.10. The number of fused-ring (bicyclic) bond motifs is 3. The zero-order valence-electron chi connectivity index (χ0n) is 25.4. The zero-order valence-corrected chi connectivity index (χ0v) is 28.6. The largest absolute Gasteiger partial charge is 3.00 e. The van der Waals surface area contributed by atoms with E-state index in [1.807, 2.05) is 54.6 Å². The number of benzene rings is 3. The molecule has 9 nitrogen and oxygen atoms in total. The molecule has 6 aromatic rings. The van der Waals surface area contributed by atoms with Crippen molar-refractivity contribution in [1.29, 1.82) is 0 Å². The van der Waals surface area contributed by atoms with Crippen LogP contribution in [0.4, 0.5) is 0 Å². The van der Waals surface area contributed by atoms with E-state index in [-0.39, 0.29) is 58.1 Å². The molecule has 0 aliphatic carbocycles. The van der Waals surface area contributed by atoms with Gasteiger partial charge in [0.15, 0.2) is 0 Å². The van der Waals surface area contributed by atoms with Gasteiger partial charge in [0.1, 0.15) is 0 Å². The molecular formula is C36H33N6NdO3.